The van der Waals surface area contributed by atoms with Gasteiger partial charge in [0.1, 0.15) is 11.4 Å². The van der Waals surface area contributed by atoms with Gasteiger partial charge < -0.3 is 29.9 Å². The number of carbonyl (C=O) groups excluding carboxylic acids is 2. The summed E-state index contributed by atoms with van der Waals surface area (Å²) in [5, 5.41) is 11.0. The summed E-state index contributed by atoms with van der Waals surface area (Å²) in [6, 6.07) is 3.86. The number of carbonyl (C=O) groups is 2. The highest BCUT2D eigenvalue weighted by atomic mass is 19.3. The summed E-state index contributed by atoms with van der Waals surface area (Å²) in [7, 11) is 3.40. The number of ether oxygens (including phenoxy) is 2. The lowest BCUT2D eigenvalue weighted by Crippen LogP contribution is -2.60. The normalized spacial score (nSPS) is 25.0. The fraction of sp³-hybridized carbons (Fsp3) is 0.659. The molecule has 0 radical (unpaired) electrons. The molecule has 13 nitrogen and oxygen atoms in total. The van der Waals surface area contributed by atoms with Crippen LogP contribution in [0.1, 0.15) is 87.3 Å². The van der Waals surface area contributed by atoms with Crippen molar-refractivity contribution in [2.24, 2.45) is 5.41 Å². The van der Waals surface area contributed by atoms with Gasteiger partial charge in [0.05, 0.1) is 36.6 Å². The highest BCUT2D eigenvalue weighted by Crippen LogP contribution is 2.44. The van der Waals surface area contributed by atoms with Crippen molar-refractivity contribution in [3.05, 3.63) is 47.0 Å². The van der Waals surface area contributed by atoms with Crippen molar-refractivity contribution in [1.29, 1.82) is 0 Å². The van der Waals surface area contributed by atoms with Crippen LogP contribution in [0.25, 0.3) is 5.65 Å². The summed E-state index contributed by atoms with van der Waals surface area (Å²) >= 11 is 0. The van der Waals surface area contributed by atoms with E-state index >= 15 is 13.2 Å². The van der Waals surface area contributed by atoms with Crippen LogP contribution in [0.4, 0.5) is 35.2 Å². The number of aromatic nitrogens is 3. The number of benzene rings is 1. The fourth-order valence-corrected chi connectivity index (χ4v) is 9.64. The zero-order valence-corrected chi connectivity index (χ0v) is 33.8. The molecule has 5 aliphatic rings. The zero-order chi connectivity index (χ0) is 40.3. The van der Waals surface area contributed by atoms with E-state index in [2.05, 4.69) is 15.6 Å². The lowest BCUT2D eigenvalue weighted by atomic mass is 9.71. The molecule has 3 saturated heterocycles. The largest absolute Gasteiger partial charge is 0.444 e. The molecule has 6 heterocycles. The number of nitrogens with one attached hydrogen (secondary N) is 2. The summed E-state index contributed by atoms with van der Waals surface area (Å²) in [6.45, 7) is 8.93. The van der Waals surface area contributed by atoms with E-state index in [1.165, 1.54) is 22.8 Å². The molecule has 310 valence electrons. The predicted molar refractivity (Wildman–Crippen MR) is 210 cm³/mol. The molecule has 3 aromatic rings. The number of halogens is 3. The zero-order valence-electron chi connectivity index (χ0n) is 33.8. The summed E-state index contributed by atoms with van der Waals surface area (Å²) in [5.41, 5.74) is 3.20. The number of imidazole rings is 1. The first kappa shape index (κ1) is 39.7. The average molecular weight is 796 g/mol. The number of methoxy groups -OCH3 is 1. The number of hydrogen-bond acceptors (Lipinski definition) is 10. The molecule has 2 N–H and O–H groups in total. The Hall–Kier alpha value is -4.15. The van der Waals surface area contributed by atoms with Crippen molar-refractivity contribution < 1.29 is 32.2 Å². The molecule has 2 aromatic heterocycles. The quantitative estimate of drug-likeness (QED) is 0.288. The standard InChI is InChI=1S/C41H56F3N9O4/c1-39(2,3)57-38(55)51-18-12-40(13-19-51)10-16-50(17-11-40)34-9-14-49(25-41(34,43)44)24-26-20-27(42)21-31-28(26)8-15-52(31)35-22-30(45-4)36-46-23-32(53(36)48-35)37(54)47-29-6-7-33(29)56-5/h20-23,29,33-34,45H,6-19,24-25H2,1-5H3,(H,47,54)/t29-,33-,34+/m1/s1. The molecule has 1 aromatic carbocycles. The van der Waals surface area contributed by atoms with Crippen LogP contribution in [-0.4, -0.2) is 131 Å². The molecule has 0 bridgehead atoms. The van der Waals surface area contributed by atoms with Crippen LogP contribution in [-0.2, 0) is 22.4 Å². The first-order valence-electron chi connectivity index (χ1n) is 20.5. The van der Waals surface area contributed by atoms with E-state index in [1.54, 1.807) is 24.0 Å². The molecule has 1 aliphatic carbocycles. The van der Waals surface area contributed by atoms with E-state index in [1.807, 2.05) is 36.6 Å². The minimum Gasteiger partial charge on any atom is -0.444 e. The minimum atomic E-state index is -2.92. The Kier molecular flexibility index (Phi) is 10.6. The second-order valence-electron chi connectivity index (χ2n) is 17.7. The number of amides is 2. The summed E-state index contributed by atoms with van der Waals surface area (Å²) in [5.74, 6) is -3.16. The third-order valence-corrected chi connectivity index (χ3v) is 13.0. The van der Waals surface area contributed by atoms with Crippen LogP contribution in [0, 0.1) is 11.2 Å². The van der Waals surface area contributed by atoms with Gasteiger partial charge in [-0.05, 0) is 114 Å². The van der Waals surface area contributed by atoms with Crippen LogP contribution >= 0.6 is 0 Å². The number of rotatable bonds is 8. The van der Waals surface area contributed by atoms with E-state index in [4.69, 9.17) is 14.6 Å². The van der Waals surface area contributed by atoms with E-state index < -0.39 is 23.4 Å². The molecule has 2 amide bonds. The number of nitrogens with zero attached hydrogens (tertiary/aromatic N) is 7. The highest BCUT2D eigenvalue weighted by Gasteiger charge is 2.50. The summed E-state index contributed by atoms with van der Waals surface area (Å²) in [4.78, 5) is 37.9. The van der Waals surface area contributed by atoms with Gasteiger partial charge in [0.2, 0.25) is 0 Å². The van der Waals surface area contributed by atoms with Gasteiger partial charge in [-0.25, -0.2) is 27.5 Å². The fourth-order valence-electron chi connectivity index (χ4n) is 9.64. The van der Waals surface area contributed by atoms with Crippen LogP contribution in [0.2, 0.25) is 0 Å². The van der Waals surface area contributed by atoms with E-state index in [0.29, 0.717) is 80.5 Å². The van der Waals surface area contributed by atoms with Crippen molar-refractivity contribution in [1.82, 2.24) is 34.6 Å². The molecule has 4 aliphatic heterocycles. The minimum absolute atomic E-state index is 0.0285. The number of hydrogen-bond donors (Lipinski definition) is 2. The molecule has 16 heteroatoms. The Balaban J connectivity index is 0.920. The lowest BCUT2D eigenvalue weighted by molar-refractivity contribution is -0.139. The first-order valence-corrected chi connectivity index (χ1v) is 20.5. The van der Waals surface area contributed by atoms with Crippen LogP contribution in [0.3, 0.4) is 0 Å². The predicted octanol–water partition coefficient (Wildman–Crippen LogP) is 5.83. The maximum absolute atomic E-state index is 16.1. The molecule has 3 atom stereocenters. The van der Waals surface area contributed by atoms with Crippen LogP contribution in [0.5, 0.6) is 0 Å². The average Bonchev–Trinajstić information content (AvgIpc) is 3.78. The van der Waals surface area contributed by atoms with E-state index in [0.717, 1.165) is 44.1 Å². The van der Waals surface area contributed by atoms with Gasteiger partial charge in [-0.15, -0.1) is 5.10 Å². The van der Waals surface area contributed by atoms with Crippen molar-refractivity contribution >= 4 is 34.8 Å². The van der Waals surface area contributed by atoms with Crippen LogP contribution < -0.4 is 15.5 Å². The number of piperidine rings is 3. The molecule has 1 saturated carbocycles. The van der Waals surface area contributed by atoms with Crippen molar-refractivity contribution in [3.8, 4) is 0 Å². The molecule has 0 unspecified atom stereocenters. The first-order chi connectivity index (χ1) is 27.2. The number of fused-ring (bicyclic) bond motifs is 2. The Morgan fingerprint density at radius 3 is 2.37 bits per heavy atom. The molecular weight excluding hydrogens is 740 g/mol. The lowest BCUT2D eigenvalue weighted by Gasteiger charge is -2.50. The maximum Gasteiger partial charge on any atom is 0.410 e. The van der Waals surface area contributed by atoms with Gasteiger partial charge in [0.25, 0.3) is 11.8 Å². The molecule has 1 spiro atoms. The number of anilines is 3. The van der Waals surface area contributed by atoms with E-state index in [9.17, 15) is 9.59 Å². The number of alkyl halides is 2. The maximum atomic E-state index is 16.1. The Morgan fingerprint density at radius 1 is 0.982 bits per heavy atom. The molecule has 57 heavy (non-hydrogen) atoms. The topological polar surface area (TPSA) is 120 Å². The van der Waals surface area contributed by atoms with Crippen molar-refractivity contribution in [2.45, 2.75) is 108 Å². The monoisotopic (exact) mass is 795 g/mol. The second kappa shape index (κ2) is 15.2. The van der Waals surface area contributed by atoms with Crippen molar-refractivity contribution in [2.75, 3.05) is 70.2 Å². The van der Waals surface area contributed by atoms with Crippen LogP contribution in [0.15, 0.2) is 24.4 Å². The molecule has 8 rings (SSSR count). The van der Waals surface area contributed by atoms with E-state index in [-0.39, 0.29) is 48.3 Å². The van der Waals surface area contributed by atoms with Crippen molar-refractivity contribution in [3.63, 3.8) is 0 Å². The third kappa shape index (κ3) is 7.88. The SMILES string of the molecule is CNc1cc(N2CCc3c(CN4CC[C@H](N5CCC6(CCN(C(=O)OC(C)(C)C)CC6)CC5)C(F)(F)C4)cc(F)cc32)nn2c(C(=O)N[C@@H]3CC[C@H]3OC)cnc12. The second-order valence-corrected chi connectivity index (χ2v) is 17.7. The molecule has 4 fully saturated rings. The summed E-state index contributed by atoms with van der Waals surface area (Å²) < 4.78 is 60.1. The van der Waals surface area contributed by atoms with Gasteiger partial charge >= 0.3 is 6.09 Å². The van der Waals surface area contributed by atoms with Gasteiger partial charge in [0, 0.05) is 58.6 Å². The summed E-state index contributed by atoms with van der Waals surface area (Å²) in [6.07, 6.45) is 7.25. The smallest absolute Gasteiger partial charge is 0.410 e. The van der Waals surface area contributed by atoms with Gasteiger partial charge in [0.15, 0.2) is 17.2 Å². The third-order valence-electron chi connectivity index (χ3n) is 13.0. The molecular formula is C41H56F3N9O4. The Bertz CT molecular complexity index is 1980. The number of likely N-dealkylation sites (tertiary alicyclic amines) is 3. The van der Waals surface area contributed by atoms with Gasteiger partial charge in [-0.3, -0.25) is 14.6 Å². The highest BCUT2D eigenvalue weighted by molar-refractivity contribution is 5.94. The van der Waals surface area contributed by atoms with Gasteiger partial charge in [-0.1, -0.05) is 0 Å². The Morgan fingerprint density at radius 2 is 1.72 bits per heavy atom. The van der Waals surface area contributed by atoms with Gasteiger partial charge in [-0.2, -0.15) is 0 Å². The Labute approximate surface area is 332 Å².